The van der Waals surface area contributed by atoms with Gasteiger partial charge in [0.1, 0.15) is 5.75 Å². The number of hydrogen-bond acceptors (Lipinski definition) is 4. The highest BCUT2D eigenvalue weighted by molar-refractivity contribution is 5.87. The quantitative estimate of drug-likeness (QED) is 0.571. The van der Waals surface area contributed by atoms with E-state index < -0.39 is 6.10 Å². The first-order chi connectivity index (χ1) is 9.93. The third kappa shape index (κ3) is 3.80. The summed E-state index contributed by atoms with van der Waals surface area (Å²) in [6.07, 6.45) is 0.0526. The summed E-state index contributed by atoms with van der Waals surface area (Å²) in [6.45, 7) is 6.07. The summed E-state index contributed by atoms with van der Waals surface area (Å²) in [5, 5.41) is 24.5. The number of halogens is 1. The molecule has 0 aliphatic rings. The lowest BCUT2D eigenvalue weighted by atomic mass is 9.95. The summed E-state index contributed by atoms with van der Waals surface area (Å²) < 4.78 is 0. The molecule has 22 heavy (non-hydrogen) atoms. The first-order valence-electron chi connectivity index (χ1n) is 7.23. The van der Waals surface area contributed by atoms with Crippen molar-refractivity contribution in [3.05, 3.63) is 40.2 Å². The van der Waals surface area contributed by atoms with Gasteiger partial charge in [-0.15, -0.1) is 0 Å². The minimum absolute atomic E-state index is 0. The van der Waals surface area contributed by atoms with Crippen LogP contribution in [-0.4, -0.2) is 27.3 Å². The molecule has 0 bridgehead atoms. The maximum Gasteiger partial charge on any atom is 0.248 e. The van der Waals surface area contributed by atoms with Gasteiger partial charge in [0.2, 0.25) is 5.56 Å². The van der Waals surface area contributed by atoms with Crippen molar-refractivity contribution in [1.82, 2.24) is 10.3 Å². The fourth-order valence-corrected chi connectivity index (χ4v) is 2.59. The van der Waals surface area contributed by atoms with Crippen molar-refractivity contribution in [2.45, 2.75) is 45.4 Å². The SMILES string of the molecule is CC[C@H](NC(C)C)[C@H](O)c1ccc(O)c2[nH]c(=O)ccc12.[Cl-]. The largest absolute Gasteiger partial charge is 1.00 e. The number of aromatic amines is 1. The molecule has 4 N–H and O–H groups in total. The molecule has 2 rings (SSSR count). The lowest BCUT2D eigenvalue weighted by molar-refractivity contribution is -0.00000717. The fraction of sp³-hybridized carbons (Fsp3) is 0.438. The summed E-state index contributed by atoms with van der Waals surface area (Å²) in [5.41, 5.74) is 0.772. The van der Waals surface area contributed by atoms with E-state index in [2.05, 4.69) is 10.3 Å². The van der Waals surface area contributed by atoms with Gasteiger partial charge in [0.15, 0.2) is 0 Å². The molecular formula is C16H22ClN2O3-. The zero-order valence-electron chi connectivity index (χ0n) is 12.9. The first kappa shape index (κ1) is 18.5. The molecule has 0 radical (unpaired) electrons. The molecule has 1 aromatic heterocycles. The number of rotatable bonds is 5. The Morgan fingerprint density at radius 3 is 2.50 bits per heavy atom. The van der Waals surface area contributed by atoms with Gasteiger partial charge in [-0.05, 0) is 24.1 Å². The normalized spacial score (nSPS) is 13.9. The van der Waals surface area contributed by atoms with E-state index in [-0.39, 0.29) is 35.8 Å². The first-order valence-corrected chi connectivity index (χ1v) is 7.23. The van der Waals surface area contributed by atoms with Crippen LogP contribution in [0.15, 0.2) is 29.1 Å². The Morgan fingerprint density at radius 2 is 1.91 bits per heavy atom. The number of hydrogen-bond donors (Lipinski definition) is 4. The summed E-state index contributed by atoms with van der Waals surface area (Å²) in [4.78, 5) is 14.0. The van der Waals surface area contributed by atoms with Crippen LogP contribution >= 0.6 is 0 Å². The second-order valence-electron chi connectivity index (χ2n) is 5.57. The van der Waals surface area contributed by atoms with E-state index in [4.69, 9.17) is 0 Å². The van der Waals surface area contributed by atoms with Gasteiger partial charge in [-0.1, -0.05) is 26.8 Å². The van der Waals surface area contributed by atoms with Gasteiger partial charge < -0.3 is 32.9 Å². The van der Waals surface area contributed by atoms with Crippen molar-refractivity contribution in [3.63, 3.8) is 0 Å². The second-order valence-corrected chi connectivity index (χ2v) is 5.57. The average molecular weight is 326 g/mol. The smallest absolute Gasteiger partial charge is 0.248 e. The van der Waals surface area contributed by atoms with Crippen LogP contribution in [0, 0.1) is 0 Å². The molecule has 1 heterocycles. The number of H-pyrrole nitrogens is 1. The lowest BCUT2D eigenvalue weighted by Crippen LogP contribution is -3.00. The molecule has 0 fully saturated rings. The van der Waals surface area contributed by atoms with Gasteiger partial charge in [0, 0.05) is 23.5 Å². The van der Waals surface area contributed by atoms with Crippen molar-refractivity contribution in [2.75, 3.05) is 0 Å². The molecule has 122 valence electrons. The number of nitrogens with one attached hydrogen (secondary N) is 2. The molecule has 0 aliphatic carbocycles. The highest BCUT2D eigenvalue weighted by Crippen LogP contribution is 2.30. The summed E-state index contributed by atoms with van der Waals surface area (Å²) in [6, 6.07) is 6.39. The Bertz CT molecular complexity index is 685. The fourth-order valence-electron chi connectivity index (χ4n) is 2.59. The number of aliphatic hydroxyl groups is 1. The molecule has 0 unspecified atom stereocenters. The molecule has 0 saturated heterocycles. The number of phenols is 1. The van der Waals surface area contributed by atoms with Crippen LogP contribution in [0.25, 0.3) is 10.9 Å². The number of aromatic hydroxyl groups is 1. The third-order valence-electron chi connectivity index (χ3n) is 3.59. The van der Waals surface area contributed by atoms with Crippen molar-refractivity contribution in [3.8, 4) is 5.75 Å². The van der Waals surface area contributed by atoms with E-state index in [1.165, 1.54) is 12.1 Å². The molecule has 2 atom stereocenters. The van der Waals surface area contributed by atoms with Crippen LogP contribution in [0.1, 0.15) is 38.9 Å². The van der Waals surface area contributed by atoms with Crippen molar-refractivity contribution in [1.29, 1.82) is 0 Å². The standard InChI is InChI=1S/C16H22N2O3.ClH/c1-4-12(17-9(2)3)16(21)11-5-7-13(19)15-10(11)6-8-14(20)18-15;/h5-9,12,16-17,19,21H,4H2,1-3H3,(H,18,20);1H/p-1/t12-,16+;/m0./s1. The predicted octanol–water partition coefficient (Wildman–Crippen LogP) is -0.952. The molecular weight excluding hydrogens is 304 g/mol. The molecule has 2 aromatic rings. The number of fused-ring (bicyclic) bond motifs is 1. The van der Waals surface area contributed by atoms with Crippen LogP contribution in [0.2, 0.25) is 0 Å². The van der Waals surface area contributed by atoms with Gasteiger partial charge in [-0.3, -0.25) is 4.79 Å². The van der Waals surface area contributed by atoms with Gasteiger partial charge in [-0.2, -0.15) is 0 Å². The summed E-state index contributed by atoms with van der Waals surface area (Å²) in [7, 11) is 0. The Hall–Kier alpha value is -1.56. The molecule has 6 heteroatoms. The van der Waals surface area contributed by atoms with E-state index in [9.17, 15) is 15.0 Å². The van der Waals surface area contributed by atoms with E-state index in [0.717, 1.165) is 6.42 Å². The third-order valence-corrected chi connectivity index (χ3v) is 3.59. The minimum Gasteiger partial charge on any atom is -1.00 e. The number of phenolic OH excluding ortho intramolecular Hbond substituents is 1. The van der Waals surface area contributed by atoms with Gasteiger partial charge in [-0.25, -0.2) is 0 Å². The Kier molecular flexibility index (Phi) is 6.41. The van der Waals surface area contributed by atoms with E-state index >= 15 is 0 Å². The highest BCUT2D eigenvalue weighted by Gasteiger charge is 2.22. The maximum atomic E-state index is 11.4. The molecule has 0 spiro atoms. The number of aromatic nitrogens is 1. The van der Waals surface area contributed by atoms with E-state index in [0.29, 0.717) is 16.5 Å². The molecule has 0 amide bonds. The number of benzene rings is 1. The Balaban J connectivity index is 0.00000242. The molecule has 1 aromatic carbocycles. The van der Waals surface area contributed by atoms with Crippen molar-refractivity contribution in [2.24, 2.45) is 0 Å². The maximum absolute atomic E-state index is 11.4. The highest BCUT2D eigenvalue weighted by atomic mass is 35.5. The molecule has 0 saturated carbocycles. The minimum atomic E-state index is -0.716. The molecule has 0 aliphatic heterocycles. The average Bonchev–Trinajstić information content (AvgIpc) is 2.45. The lowest BCUT2D eigenvalue weighted by Gasteiger charge is -2.26. The van der Waals surface area contributed by atoms with Gasteiger partial charge in [0.25, 0.3) is 0 Å². The van der Waals surface area contributed by atoms with E-state index in [1.807, 2.05) is 20.8 Å². The van der Waals surface area contributed by atoms with Gasteiger partial charge >= 0.3 is 0 Å². The van der Waals surface area contributed by atoms with Crippen LogP contribution in [-0.2, 0) is 0 Å². The van der Waals surface area contributed by atoms with Crippen molar-refractivity contribution < 1.29 is 22.6 Å². The second kappa shape index (κ2) is 7.63. The zero-order valence-corrected chi connectivity index (χ0v) is 13.7. The van der Waals surface area contributed by atoms with E-state index in [1.54, 1.807) is 12.1 Å². The summed E-state index contributed by atoms with van der Waals surface area (Å²) in [5.74, 6) is 0.00326. The molecule has 5 nitrogen and oxygen atoms in total. The van der Waals surface area contributed by atoms with Crippen molar-refractivity contribution >= 4 is 10.9 Å². The topological polar surface area (TPSA) is 85.3 Å². The Morgan fingerprint density at radius 1 is 1.23 bits per heavy atom. The Labute approximate surface area is 135 Å². The monoisotopic (exact) mass is 325 g/mol. The number of pyridine rings is 1. The number of aliphatic hydroxyl groups excluding tert-OH is 1. The van der Waals surface area contributed by atoms with Gasteiger partial charge in [0.05, 0.1) is 11.6 Å². The van der Waals surface area contributed by atoms with Crippen LogP contribution in [0.4, 0.5) is 0 Å². The summed E-state index contributed by atoms with van der Waals surface area (Å²) >= 11 is 0. The van der Waals surface area contributed by atoms with Crippen LogP contribution in [0.5, 0.6) is 5.75 Å². The van der Waals surface area contributed by atoms with Crippen LogP contribution in [0.3, 0.4) is 0 Å². The predicted molar refractivity (Wildman–Crippen MR) is 83.5 cm³/mol. The van der Waals surface area contributed by atoms with Crippen LogP contribution < -0.4 is 23.3 Å². The zero-order chi connectivity index (χ0) is 15.6.